The van der Waals surface area contributed by atoms with Crippen molar-refractivity contribution >= 4 is 27.5 Å². The molecule has 0 radical (unpaired) electrons. The monoisotopic (exact) mass is 346 g/mol. The predicted molar refractivity (Wildman–Crippen MR) is 82.5 cm³/mol. The molecule has 1 fully saturated rings. The van der Waals surface area contributed by atoms with Crippen LogP contribution >= 0.6 is 27.5 Å². The van der Waals surface area contributed by atoms with Crippen LogP contribution in [0.25, 0.3) is 0 Å². The second-order valence-electron chi connectivity index (χ2n) is 4.92. The molecule has 0 amide bonds. The average Bonchev–Trinajstić information content (AvgIpc) is 2.46. The van der Waals surface area contributed by atoms with Gasteiger partial charge in [0.25, 0.3) is 0 Å². The molecule has 2 unspecified atom stereocenters. The molecule has 1 aliphatic heterocycles. The molecule has 106 valence electrons. The van der Waals surface area contributed by atoms with Crippen LogP contribution in [0, 0.1) is 0 Å². The number of halogens is 2. The summed E-state index contributed by atoms with van der Waals surface area (Å²) >= 11 is 9.81. The van der Waals surface area contributed by atoms with E-state index in [-0.39, 0.29) is 4.83 Å². The maximum Gasteiger partial charge on any atom is 0.123 e. The molecule has 0 spiro atoms. The highest BCUT2D eigenvalue weighted by molar-refractivity contribution is 9.09. The summed E-state index contributed by atoms with van der Waals surface area (Å²) in [5.41, 5.74) is 1.12. The zero-order valence-corrected chi connectivity index (χ0v) is 13.5. The number of hydrogen-bond donors (Lipinski definition) is 0. The van der Waals surface area contributed by atoms with Gasteiger partial charge in [0.05, 0.1) is 13.2 Å². The van der Waals surface area contributed by atoms with Crippen molar-refractivity contribution in [3.8, 4) is 5.75 Å². The molecule has 2 rings (SSSR count). The minimum atomic E-state index is 0.256. The Morgan fingerprint density at radius 1 is 1.47 bits per heavy atom. The van der Waals surface area contributed by atoms with Gasteiger partial charge in [0.2, 0.25) is 0 Å². The van der Waals surface area contributed by atoms with E-state index in [2.05, 4.69) is 15.9 Å². The van der Waals surface area contributed by atoms with E-state index in [9.17, 15) is 0 Å². The van der Waals surface area contributed by atoms with Gasteiger partial charge in [-0.3, -0.25) is 0 Å². The molecular formula is C15H20BrClO2. The molecule has 1 aromatic rings. The van der Waals surface area contributed by atoms with E-state index in [1.54, 1.807) is 7.11 Å². The minimum Gasteiger partial charge on any atom is -0.496 e. The summed E-state index contributed by atoms with van der Waals surface area (Å²) in [6, 6.07) is 5.75. The van der Waals surface area contributed by atoms with Gasteiger partial charge in [0.15, 0.2) is 0 Å². The van der Waals surface area contributed by atoms with Crippen LogP contribution in [0.15, 0.2) is 18.2 Å². The number of hydrogen-bond acceptors (Lipinski definition) is 2. The van der Waals surface area contributed by atoms with E-state index in [4.69, 9.17) is 21.1 Å². The molecule has 0 aromatic heterocycles. The molecule has 0 saturated carbocycles. The lowest BCUT2D eigenvalue weighted by molar-refractivity contribution is 0.0101. The molecule has 2 nitrogen and oxygen atoms in total. The Bertz CT molecular complexity index is 405. The van der Waals surface area contributed by atoms with Crippen molar-refractivity contribution in [3.63, 3.8) is 0 Å². The number of ether oxygens (including phenoxy) is 2. The van der Waals surface area contributed by atoms with E-state index < -0.39 is 0 Å². The topological polar surface area (TPSA) is 18.5 Å². The minimum absolute atomic E-state index is 0.256. The van der Waals surface area contributed by atoms with Crippen molar-refractivity contribution in [3.05, 3.63) is 28.8 Å². The van der Waals surface area contributed by atoms with E-state index in [1.807, 2.05) is 18.2 Å². The van der Waals surface area contributed by atoms with Gasteiger partial charge >= 0.3 is 0 Å². The van der Waals surface area contributed by atoms with Crippen molar-refractivity contribution in [2.45, 2.75) is 43.0 Å². The zero-order valence-electron chi connectivity index (χ0n) is 11.2. The maximum atomic E-state index is 6.07. The summed E-state index contributed by atoms with van der Waals surface area (Å²) in [6.07, 6.45) is 6.20. The van der Waals surface area contributed by atoms with E-state index in [1.165, 1.54) is 19.3 Å². The second-order valence-corrected chi connectivity index (χ2v) is 6.46. The third-order valence-electron chi connectivity index (χ3n) is 3.55. The molecule has 0 aliphatic carbocycles. The van der Waals surface area contributed by atoms with Crippen LogP contribution < -0.4 is 4.74 Å². The van der Waals surface area contributed by atoms with E-state index >= 15 is 0 Å². The Kier molecular flexibility index (Phi) is 5.99. The third-order valence-corrected chi connectivity index (χ3v) is 4.73. The molecule has 2 atom stereocenters. The summed E-state index contributed by atoms with van der Waals surface area (Å²) in [6.45, 7) is 0.915. The first kappa shape index (κ1) is 15.1. The van der Waals surface area contributed by atoms with Gasteiger partial charge in [-0.1, -0.05) is 27.5 Å². The molecule has 0 N–H and O–H groups in total. The van der Waals surface area contributed by atoms with Gasteiger partial charge in [-0.25, -0.2) is 0 Å². The molecule has 0 bridgehead atoms. The van der Waals surface area contributed by atoms with Gasteiger partial charge in [0.1, 0.15) is 5.75 Å². The van der Waals surface area contributed by atoms with Gasteiger partial charge < -0.3 is 9.47 Å². The lowest BCUT2D eigenvalue weighted by Gasteiger charge is -2.24. The molecule has 1 heterocycles. The standard InChI is InChI=1S/C15H20BrClO2/c1-18-15-8-5-11(17)10-13(15)14(16)7-6-12-4-2-3-9-19-12/h5,8,10,12,14H,2-4,6-7,9H2,1H3. The highest BCUT2D eigenvalue weighted by Crippen LogP contribution is 2.37. The second kappa shape index (κ2) is 7.51. The quantitative estimate of drug-likeness (QED) is 0.687. The molecule has 1 saturated heterocycles. The van der Waals surface area contributed by atoms with Gasteiger partial charge in [0, 0.05) is 22.0 Å². The zero-order chi connectivity index (χ0) is 13.7. The molecule has 4 heteroatoms. The highest BCUT2D eigenvalue weighted by atomic mass is 79.9. The normalized spacial score (nSPS) is 21.1. The SMILES string of the molecule is COc1ccc(Cl)cc1C(Br)CCC1CCCCO1. The van der Waals surface area contributed by atoms with Gasteiger partial charge in [-0.05, 0) is 50.3 Å². The van der Waals surface area contributed by atoms with Crippen molar-refractivity contribution < 1.29 is 9.47 Å². The first-order chi connectivity index (χ1) is 9.20. The fourth-order valence-corrected chi connectivity index (χ4v) is 3.28. The first-order valence-corrected chi connectivity index (χ1v) is 8.09. The Hall–Kier alpha value is -0.250. The van der Waals surface area contributed by atoms with Crippen LogP contribution in [0.1, 0.15) is 42.5 Å². The molecule has 1 aliphatic rings. The summed E-state index contributed by atoms with van der Waals surface area (Å²) in [4.78, 5) is 0.256. The number of methoxy groups -OCH3 is 1. The first-order valence-electron chi connectivity index (χ1n) is 6.80. The number of alkyl halides is 1. The summed E-state index contributed by atoms with van der Waals surface area (Å²) in [5, 5.41) is 0.745. The van der Waals surface area contributed by atoms with Crippen LogP contribution in [0.3, 0.4) is 0 Å². The lowest BCUT2D eigenvalue weighted by Crippen LogP contribution is -2.19. The van der Waals surface area contributed by atoms with E-state index in [0.29, 0.717) is 6.10 Å². The Balaban J connectivity index is 1.94. The largest absolute Gasteiger partial charge is 0.496 e. The Morgan fingerprint density at radius 2 is 2.32 bits per heavy atom. The van der Waals surface area contributed by atoms with Crippen molar-refractivity contribution in [1.82, 2.24) is 0 Å². The summed E-state index contributed by atoms with van der Waals surface area (Å²) in [5.74, 6) is 0.885. The van der Waals surface area contributed by atoms with Crippen LogP contribution in [0.4, 0.5) is 0 Å². The predicted octanol–water partition coefficient (Wildman–Crippen LogP) is 5.13. The average molecular weight is 348 g/mol. The van der Waals surface area contributed by atoms with Crippen molar-refractivity contribution in [2.24, 2.45) is 0 Å². The molecular weight excluding hydrogens is 328 g/mol. The number of rotatable bonds is 5. The van der Waals surface area contributed by atoms with Crippen molar-refractivity contribution in [2.75, 3.05) is 13.7 Å². The van der Waals surface area contributed by atoms with Crippen LogP contribution in [-0.2, 0) is 4.74 Å². The molecule has 1 aromatic carbocycles. The lowest BCUT2D eigenvalue weighted by atomic mass is 10.0. The Morgan fingerprint density at radius 3 is 3.00 bits per heavy atom. The van der Waals surface area contributed by atoms with Crippen LogP contribution in [-0.4, -0.2) is 19.8 Å². The van der Waals surface area contributed by atoms with Gasteiger partial charge in [-0.15, -0.1) is 0 Å². The van der Waals surface area contributed by atoms with Crippen LogP contribution in [0.5, 0.6) is 5.75 Å². The fraction of sp³-hybridized carbons (Fsp3) is 0.600. The number of benzene rings is 1. The van der Waals surface area contributed by atoms with Crippen molar-refractivity contribution in [1.29, 1.82) is 0 Å². The Labute approximate surface area is 128 Å². The van der Waals surface area contributed by atoms with Crippen LogP contribution in [0.2, 0.25) is 5.02 Å². The summed E-state index contributed by atoms with van der Waals surface area (Å²) in [7, 11) is 1.69. The van der Waals surface area contributed by atoms with Gasteiger partial charge in [-0.2, -0.15) is 0 Å². The maximum absolute atomic E-state index is 6.07. The molecule has 19 heavy (non-hydrogen) atoms. The highest BCUT2D eigenvalue weighted by Gasteiger charge is 2.18. The van der Waals surface area contributed by atoms with E-state index in [0.717, 1.165) is 35.8 Å². The smallest absolute Gasteiger partial charge is 0.123 e. The summed E-state index contributed by atoms with van der Waals surface area (Å²) < 4.78 is 11.2. The fourth-order valence-electron chi connectivity index (χ4n) is 2.47. The third kappa shape index (κ3) is 4.37.